The smallest absolute Gasteiger partial charge is 0.206 e. The third-order valence-electron chi connectivity index (χ3n) is 2.64. The second kappa shape index (κ2) is 3.82. The van der Waals surface area contributed by atoms with Crippen molar-refractivity contribution in [1.82, 2.24) is 9.61 Å². The number of aryl methyl sites for hydroxylation is 1. The van der Waals surface area contributed by atoms with E-state index in [1.807, 2.05) is 43.5 Å². The zero-order chi connectivity index (χ0) is 11.8. The van der Waals surface area contributed by atoms with E-state index in [2.05, 4.69) is 5.10 Å². The van der Waals surface area contributed by atoms with Crippen LogP contribution in [0, 0.1) is 6.92 Å². The van der Waals surface area contributed by atoms with Gasteiger partial charge >= 0.3 is 0 Å². The summed E-state index contributed by atoms with van der Waals surface area (Å²) in [4.78, 5) is 14.2. The van der Waals surface area contributed by atoms with Crippen molar-refractivity contribution in [2.75, 3.05) is 0 Å². The number of fused-ring (bicyclic) bond motifs is 1. The summed E-state index contributed by atoms with van der Waals surface area (Å²) < 4.78 is 1.72. The highest BCUT2D eigenvalue weighted by molar-refractivity contribution is 7.14. The highest BCUT2D eigenvalue weighted by Crippen LogP contribution is 2.21. The Kier molecular flexibility index (Phi) is 2.30. The summed E-state index contributed by atoms with van der Waals surface area (Å²) in [6.45, 7) is 2.00. The third-order valence-corrected chi connectivity index (χ3v) is 3.63. The first-order valence-electron chi connectivity index (χ1n) is 5.29. The molecular formula is C13H10N2OS. The number of nitrogens with zero attached hydrogens (tertiary/aromatic N) is 2. The molecule has 3 nitrogen and oxygen atoms in total. The van der Waals surface area contributed by atoms with Crippen LogP contribution in [0.4, 0.5) is 0 Å². The Balaban J connectivity index is 2.13. The topological polar surface area (TPSA) is 34.4 Å². The van der Waals surface area contributed by atoms with E-state index in [0.29, 0.717) is 5.56 Å². The highest BCUT2D eigenvalue weighted by atomic mass is 32.1. The van der Waals surface area contributed by atoms with Gasteiger partial charge in [-0.15, -0.1) is 11.3 Å². The molecule has 0 spiro atoms. The number of rotatable bonds is 2. The molecule has 3 rings (SSSR count). The summed E-state index contributed by atoms with van der Waals surface area (Å²) in [5.74, 6) is 0.0456. The zero-order valence-corrected chi connectivity index (χ0v) is 10.1. The molecule has 0 bridgehead atoms. The summed E-state index contributed by atoms with van der Waals surface area (Å²) in [6, 6.07) is 9.54. The fourth-order valence-corrected chi connectivity index (χ4v) is 2.62. The molecule has 4 heteroatoms. The maximum Gasteiger partial charge on any atom is 0.206 e. The first-order valence-corrected chi connectivity index (χ1v) is 6.11. The molecule has 3 heterocycles. The van der Waals surface area contributed by atoms with E-state index in [1.165, 1.54) is 11.3 Å². The lowest BCUT2D eigenvalue weighted by atomic mass is 10.1. The minimum absolute atomic E-state index is 0.0456. The van der Waals surface area contributed by atoms with Crippen LogP contribution in [0.25, 0.3) is 5.52 Å². The van der Waals surface area contributed by atoms with Crippen molar-refractivity contribution in [2.45, 2.75) is 6.92 Å². The van der Waals surface area contributed by atoms with Crippen LogP contribution in [0.2, 0.25) is 0 Å². The molecule has 0 aromatic carbocycles. The van der Waals surface area contributed by atoms with Gasteiger partial charge < -0.3 is 0 Å². The summed E-state index contributed by atoms with van der Waals surface area (Å²) >= 11 is 1.52. The molecule has 3 aromatic heterocycles. The number of ketones is 1. The van der Waals surface area contributed by atoms with Crippen LogP contribution in [0.3, 0.4) is 0 Å². The van der Waals surface area contributed by atoms with Crippen molar-refractivity contribution in [1.29, 1.82) is 0 Å². The lowest BCUT2D eigenvalue weighted by Gasteiger charge is -1.95. The molecule has 0 radical (unpaired) electrons. The lowest BCUT2D eigenvalue weighted by molar-refractivity contribution is 0.104. The van der Waals surface area contributed by atoms with Gasteiger partial charge in [0.05, 0.1) is 22.2 Å². The number of hydrogen-bond acceptors (Lipinski definition) is 3. The number of hydrogen-bond donors (Lipinski definition) is 0. The third kappa shape index (κ3) is 1.66. The Bertz CT molecular complexity index is 696. The summed E-state index contributed by atoms with van der Waals surface area (Å²) in [7, 11) is 0. The van der Waals surface area contributed by atoms with E-state index >= 15 is 0 Å². The Labute approximate surface area is 102 Å². The molecular weight excluding hydrogens is 232 g/mol. The predicted molar refractivity (Wildman–Crippen MR) is 67.7 cm³/mol. The van der Waals surface area contributed by atoms with Gasteiger partial charge in [0.25, 0.3) is 0 Å². The number of carbonyl (C=O) groups is 1. The second-order valence-corrected chi connectivity index (χ2v) is 5.12. The lowest BCUT2D eigenvalue weighted by Crippen LogP contribution is -1.97. The van der Waals surface area contributed by atoms with Crippen LogP contribution in [-0.4, -0.2) is 15.4 Å². The molecule has 0 fully saturated rings. The van der Waals surface area contributed by atoms with E-state index in [9.17, 15) is 4.79 Å². The largest absolute Gasteiger partial charge is 0.288 e. The van der Waals surface area contributed by atoms with E-state index in [1.54, 1.807) is 10.7 Å². The number of thiophene rings is 1. The molecule has 0 aliphatic rings. The Hall–Kier alpha value is -1.94. The van der Waals surface area contributed by atoms with Gasteiger partial charge in [-0.25, -0.2) is 4.52 Å². The quantitative estimate of drug-likeness (QED) is 0.647. The number of carbonyl (C=O) groups excluding carboxylic acids is 1. The van der Waals surface area contributed by atoms with Gasteiger partial charge in [-0.05, 0) is 31.2 Å². The van der Waals surface area contributed by atoms with Gasteiger partial charge in [0.1, 0.15) is 0 Å². The molecule has 0 unspecified atom stereocenters. The van der Waals surface area contributed by atoms with Crippen molar-refractivity contribution >= 4 is 22.6 Å². The van der Waals surface area contributed by atoms with Crippen molar-refractivity contribution in [3.63, 3.8) is 0 Å². The molecule has 0 N–H and O–H groups in total. The first kappa shape index (κ1) is 10.2. The van der Waals surface area contributed by atoms with Crippen LogP contribution in [0.1, 0.15) is 20.1 Å². The monoisotopic (exact) mass is 242 g/mol. The van der Waals surface area contributed by atoms with Crippen LogP contribution >= 0.6 is 11.3 Å². The fraction of sp³-hybridized carbons (Fsp3) is 0.0769. The molecule has 17 heavy (non-hydrogen) atoms. The van der Waals surface area contributed by atoms with Crippen LogP contribution in [0.5, 0.6) is 0 Å². The van der Waals surface area contributed by atoms with E-state index in [4.69, 9.17) is 0 Å². The number of pyridine rings is 1. The zero-order valence-electron chi connectivity index (χ0n) is 9.25. The van der Waals surface area contributed by atoms with Crippen LogP contribution in [0.15, 0.2) is 42.7 Å². The van der Waals surface area contributed by atoms with Crippen LogP contribution < -0.4 is 0 Å². The molecule has 0 saturated heterocycles. The highest BCUT2D eigenvalue weighted by Gasteiger charge is 2.15. The predicted octanol–water partition coefficient (Wildman–Crippen LogP) is 2.94. The van der Waals surface area contributed by atoms with Gasteiger partial charge in [0.15, 0.2) is 0 Å². The van der Waals surface area contributed by atoms with E-state index in [-0.39, 0.29) is 5.78 Å². The molecule has 0 aliphatic carbocycles. The second-order valence-electron chi connectivity index (χ2n) is 3.83. The summed E-state index contributed by atoms with van der Waals surface area (Å²) in [6.07, 6.45) is 3.47. The molecule has 84 valence electrons. The van der Waals surface area contributed by atoms with Gasteiger partial charge in [-0.3, -0.25) is 4.79 Å². The molecule has 0 atom stereocenters. The normalized spacial score (nSPS) is 10.9. The van der Waals surface area contributed by atoms with Crippen molar-refractivity contribution < 1.29 is 4.79 Å². The molecule has 0 amide bonds. The maximum atomic E-state index is 12.3. The Morgan fingerprint density at radius 2 is 2.18 bits per heavy atom. The molecule has 3 aromatic rings. The average molecular weight is 242 g/mol. The van der Waals surface area contributed by atoms with Gasteiger partial charge in [-0.2, -0.15) is 5.10 Å². The van der Waals surface area contributed by atoms with E-state index < -0.39 is 0 Å². The summed E-state index contributed by atoms with van der Waals surface area (Å²) in [5, 5.41) is 4.17. The molecule has 0 aliphatic heterocycles. The maximum absolute atomic E-state index is 12.3. The minimum Gasteiger partial charge on any atom is -0.288 e. The SMILES string of the molecule is Cc1ccc(C(=O)c2cnn3ccccc23)s1. The Morgan fingerprint density at radius 3 is 2.94 bits per heavy atom. The van der Waals surface area contributed by atoms with E-state index in [0.717, 1.165) is 15.3 Å². The van der Waals surface area contributed by atoms with Crippen molar-refractivity contribution in [2.24, 2.45) is 0 Å². The van der Waals surface area contributed by atoms with Gasteiger partial charge in [0.2, 0.25) is 5.78 Å². The fourth-order valence-electron chi connectivity index (χ4n) is 1.80. The standard InChI is InChI=1S/C13H10N2OS/c1-9-5-6-12(17-9)13(16)10-8-14-15-7-3-2-4-11(10)15/h2-8H,1H3. The summed E-state index contributed by atoms with van der Waals surface area (Å²) in [5.41, 5.74) is 1.51. The van der Waals surface area contributed by atoms with Gasteiger partial charge in [-0.1, -0.05) is 6.07 Å². The molecule has 0 saturated carbocycles. The van der Waals surface area contributed by atoms with Gasteiger partial charge in [0, 0.05) is 11.1 Å². The van der Waals surface area contributed by atoms with Crippen molar-refractivity contribution in [3.8, 4) is 0 Å². The number of aromatic nitrogens is 2. The first-order chi connectivity index (χ1) is 8.25. The Morgan fingerprint density at radius 1 is 1.29 bits per heavy atom. The average Bonchev–Trinajstić information content (AvgIpc) is 2.94. The van der Waals surface area contributed by atoms with Crippen LogP contribution in [-0.2, 0) is 0 Å². The minimum atomic E-state index is 0.0456. The van der Waals surface area contributed by atoms with Crippen molar-refractivity contribution in [3.05, 3.63) is 58.0 Å².